The summed E-state index contributed by atoms with van der Waals surface area (Å²) >= 11 is 1.54. The van der Waals surface area contributed by atoms with Gasteiger partial charge in [-0.1, -0.05) is 11.8 Å². The largest absolute Gasteiger partial charge is 0.393 e. The summed E-state index contributed by atoms with van der Waals surface area (Å²) in [5.74, 6) is -2.82. The van der Waals surface area contributed by atoms with Crippen molar-refractivity contribution in [3.05, 3.63) is 16.3 Å². The fourth-order valence-electron chi connectivity index (χ4n) is 1.30. The standard InChI is InChI=1S/C11H15F2NO2S2/c1-7(15)3-5-14(2)10(16)9-8(4-6-17-9)18-11(12)13/h4,6-7,11,15H,3,5H2,1-2H3. The lowest BCUT2D eigenvalue weighted by atomic mass is 10.2. The minimum atomic E-state index is -2.53. The summed E-state index contributed by atoms with van der Waals surface area (Å²) in [6, 6.07) is 1.53. The van der Waals surface area contributed by atoms with Crippen LogP contribution >= 0.6 is 23.1 Å². The van der Waals surface area contributed by atoms with Crippen molar-refractivity contribution in [3.63, 3.8) is 0 Å². The molecule has 0 aliphatic heterocycles. The van der Waals surface area contributed by atoms with Gasteiger partial charge in [0.25, 0.3) is 11.7 Å². The second-order valence-electron chi connectivity index (χ2n) is 3.86. The van der Waals surface area contributed by atoms with Gasteiger partial charge < -0.3 is 10.0 Å². The van der Waals surface area contributed by atoms with Gasteiger partial charge in [0, 0.05) is 18.5 Å². The number of halogens is 2. The molecule has 0 bridgehead atoms. The molecule has 1 N–H and O–H groups in total. The molecule has 1 heterocycles. The number of hydrogen-bond acceptors (Lipinski definition) is 4. The number of aliphatic hydroxyl groups excluding tert-OH is 1. The number of rotatable bonds is 6. The molecule has 0 saturated carbocycles. The Balaban J connectivity index is 2.68. The van der Waals surface area contributed by atoms with Crippen molar-refractivity contribution in [1.82, 2.24) is 4.90 Å². The number of thioether (sulfide) groups is 1. The molecule has 102 valence electrons. The second kappa shape index (κ2) is 7.06. The fourth-order valence-corrected chi connectivity index (χ4v) is 2.99. The maximum absolute atomic E-state index is 12.3. The van der Waals surface area contributed by atoms with Crippen LogP contribution in [0.3, 0.4) is 0 Å². The smallest absolute Gasteiger partial charge is 0.288 e. The van der Waals surface area contributed by atoms with Crippen LogP contribution in [-0.2, 0) is 0 Å². The molecular formula is C11H15F2NO2S2. The van der Waals surface area contributed by atoms with E-state index in [9.17, 15) is 13.6 Å². The van der Waals surface area contributed by atoms with Crippen molar-refractivity contribution < 1.29 is 18.7 Å². The lowest BCUT2D eigenvalue weighted by Crippen LogP contribution is -2.29. The third kappa shape index (κ3) is 4.55. The van der Waals surface area contributed by atoms with Crippen LogP contribution in [-0.4, -0.2) is 41.4 Å². The molecule has 1 unspecified atom stereocenters. The average molecular weight is 295 g/mol. The van der Waals surface area contributed by atoms with E-state index in [1.54, 1.807) is 19.4 Å². The van der Waals surface area contributed by atoms with E-state index in [0.29, 0.717) is 34.5 Å². The number of hydrogen-bond donors (Lipinski definition) is 1. The average Bonchev–Trinajstić information content (AvgIpc) is 2.71. The minimum absolute atomic E-state index is 0.284. The van der Waals surface area contributed by atoms with Gasteiger partial charge in [0.1, 0.15) is 4.88 Å². The van der Waals surface area contributed by atoms with E-state index in [-0.39, 0.29) is 5.91 Å². The zero-order valence-electron chi connectivity index (χ0n) is 10.1. The van der Waals surface area contributed by atoms with Crippen molar-refractivity contribution in [2.75, 3.05) is 13.6 Å². The highest BCUT2D eigenvalue weighted by Gasteiger charge is 2.20. The van der Waals surface area contributed by atoms with Crippen LogP contribution in [0.5, 0.6) is 0 Å². The Morgan fingerprint density at radius 2 is 2.28 bits per heavy atom. The second-order valence-corrected chi connectivity index (χ2v) is 5.80. The molecular weight excluding hydrogens is 280 g/mol. The number of amides is 1. The van der Waals surface area contributed by atoms with E-state index in [4.69, 9.17) is 5.11 Å². The first kappa shape index (κ1) is 15.4. The van der Waals surface area contributed by atoms with Gasteiger partial charge in [0.2, 0.25) is 0 Å². The van der Waals surface area contributed by atoms with E-state index >= 15 is 0 Å². The summed E-state index contributed by atoms with van der Waals surface area (Å²) in [4.78, 5) is 14.1. The van der Waals surface area contributed by atoms with Gasteiger partial charge in [0.15, 0.2) is 0 Å². The predicted molar refractivity (Wildman–Crippen MR) is 69.4 cm³/mol. The summed E-state index contributed by atoms with van der Waals surface area (Å²) < 4.78 is 24.6. The van der Waals surface area contributed by atoms with Crippen LogP contribution in [0.1, 0.15) is 23.0 Å². The molecule has 0 radical (unpaired) electrons. The third-order valence-electron chi connectivity index (χ3n) is 2.27. The molecule has 3 nitrogen and oxygen atoms in total. The molecule has 0 aromatic carbocycles. The topological polar surface area (TPSA) is 40.5 Å². The molecule has 1 rings (SSSR count). The summed E-state index contributed by atoms with van der Waals surface area (Å²) in [5, 5.41) is 10.8. The van der Waals surface area contributed by atoms with Gasteiger partial charge in [0.05, 0.1) is 6.10 Å². The van der Waals surface area contributed by atoms with E-state index in [1.165, 1.54) is 11.0 Å². The SMILES string of the molecule is CC(O)CCN(C)C(=O)c1sccc1SC(F)F. The van der Waals surface area contributed by atoms with E-state index in [1.807, 2.05) is 0 Å². The van der Waals surface area contributed by atoms with Crippen molar-refractivity contribution in [2.24, 2.45) is 0 Å². The van der Waals surface area contributed by atoms with Gasteiger partial charge in [-0.15, -0.1) is 11.3 Å². The molecule has 18 heavy (non-hydrogen) atoms. The number of nitrogens with zero attached hydrogens (tertiary/aromatic N) is 1. The Bertz CT molecular complexity index is 396. The molecule has 7 heteroatoms. The molecule has 0 saturated heterocycles. The predicted octanol–water partition coefficient (Wildman–Crippen LogP) is 2.91. The number of aliphatic hydroxyl groups is 1. The molecule has 1 aromatic heterocycles. The quantitative estimate of drug-likeness (QED) is 0.820. The van der Waals surface area contributed by atoms with Crippen LogP contribution in [0.4, 0.5) is 8.78 Å². The molecule has 0 fully saturated rings. The Kier molecular flexibility index (Phi) is 6.04. The van der Waals surface area contributed by atoms with Crippen molar-refractivity contribution >= 4 is 29.0 Å². The van der Waals surface area contributed by atoms with Crippen molar-refractivity contribution in [2.45, 2.75) is 30.1 Å². The molecule has 0 aliphatic rings. The van der Waals surface area contributed by atoms with Gasteiger partial charge in [-0.2, -0.15) is 8.78 Å². The Morgan fingerprint density at radius 3 is 2.83 bits per heavy atom. The lowest BCUT2D eigenvalue weighted by molar-refractivity contribution is 0.0770. The number of carbonyl (C=O) groups excluding carboxylic acids is 1. The molecule has 1 aromatic rings. The monoisotopic (exact) mass is 295 g/mol. The van der Waals surface area contributed by atoms with Crippen LogP contribution in [0.2, 0.25) is 0 Å². The Morgan fingerprint density at radius 1 is 1.61 bits per heavy atom. The zero-order chi connectivity index (χ0) is 13.7. The number of alkyl halides is 2. The maximum Gasteiger partial charge on any atom is 0.288 e. The van der Waals surface area contributed by atoms with Gasteiger partial charge in [-0.3, -0.25) is 4.79 Å². The first-order chi connectivity index (χ1) is 8.41. The van der Waals surface area contributed by atoms with E-state index < -0.39 is 11.9 Å². The van der Waals surface area contributed by atoms with Crippen molar-refractivity contribution in [1.29, 1.82) is 0 Å². The molecule has 0 spiro atoms. The fraction of sp³-hybridized carbons (Fsp3) is 0.545. The van der Waals surface area contributed by atoms with Gasteiger partial charge >= 0.3 is 0 Å². The first-order valence-electron chi connectivity index (χ1n) is 5.37. The summed E-state index contributed by atoms with van der Waals surface area (Å²) in [5.41, 5.74) is 0. The first-order valence-corrected chi connectivity index (χ1v) is 7.13. The Labute approximate surface area is 113 Å². The van der Waals surface area contributed by atoms with Gasteiger partial charge in [-0.05, 0) is 24.8 Å². The normalized spacial score (nSPS) is 12.8. The lowest BCUT2D eigenvalue weighted by Gasteiger charge is -2.17. The molecule has 1 amide bonds. The highest BCUT2D eigenvalue weighted by atomic mass is 32.2. The van der Waals surface area contributed by atoms with E-state index in [0.717, 1.165) is 11.3 Å². The molecule has 1 atom stereocenters. The maximum atomic E-state index is 12.3. The highest BCUT2D eigenvalue weighted by molar-refractivity contribution is 7.99. The summed E-state index contributed by atoms with van der Waals surface area (Å²) in [7, 11) is 1.60. The van der Waals surface area contributed by atoms with Crippen LogP contribution in [0.15, 0.2) is 16.3 Å². The van der Waals surface area contributed by atoms with Crippen LogP contribution in [0.25, 0.3) is 0 Å². The number of thiophene rings is 1. The van der Waals surface area contributed by atoms with E-state index in [2.05, 4.69) is 0 Å². The summed E-state index contributed by atoms with van der Waals surface area (Å²) in [6.07, 6.45) is -0.0243. The van der Waals surface area contributed by atoms with Crippen LogP contribution in [0, 0.1) is 0 Å². The van der Waals surface area contributed by atoms with Crippen molar-refractivity contribution in [3.8, 4) is 0 Å². The summed E-state index contributed by atoms with van der Waals surface area (Å²) in [6.45, 7) is 2.04. The molecule has 0 aliphatic carbocycles. The zero-order valence-corrected chi connectivity index (χ0v) is 11.7. The third-order valence-corrected chi connectivity index (χ3v) is 4.07. The van der Waals surface area contributed by atoms with Crippen LogP contribution < -0.4 is 0 Å². The van der Waals surface area contributed by atoms with Gasteiger partial charge in [-0.25, -0.2) is 0 Å². The minimum Gasteiger partial charge on any atom is -0.393 e. The Hall–Kier alpha value is -0.660. The highest BCUT2D eigenvalue weighted by Crippen LogP contribution is 2.32. The number of carbonyl (C=O) groups is 1.